The molecule has 0 bridgehead atoms. The molecule has 0 aliphatic heterocycles. The Morgan fingerprint density at radius 2 is 1.92 bits per heavy atom. The lowest BCUT2D eigenvalue weighted by atomic mass is 10.3. The Kier molecular flexibility index (Phi) is 3.36. The number of nitrogens with two attached hydrogens (primary N) is 1. The molecular formula is C8H6Cl2N2. The zero-order valence-corrected chi connectivity index (χ0v) is 7.65. The van der Waals surface area contributed by atoms with Gasteiger partial charge in [-0.05, 0) is 0 Å². The Bertz CT molecular complexity index is 318. The number of aromatic nitrogens is 1. The number of nitrogens with zero attached hydrogens (tertiary/aromatic N) is 1. The van der Waals surface area contributed by atoms with Crippen molar-refractivity contribution in [2.24, 2.45) is 5.73 Å². The van der Waals surface area contributed by atoms with E-state index in [1.165, 1.54) is 12.4 Å². The van der Waals surface area contributed by atoms with E-state index in [-0.39, 0.29) is 6.54 Å². The van der Waals surface area contributed by atoms with Gasteiger partial charge in [0.05, 0.1) is 22.2 Å². The molecule has 0 radical (unpaired) electrons. The highest BCUT2D eigenvalue weighted by atomic mass is 35.5. The molecule has 1 heterocycles. The van der Waals surface area contributed by atoms with Crippen LogP contribution in [-0.2, 0) is 0 Å². The minimum Gasteiger partial charge on any atom is -0.320 e. The van der Waals surface area contributed by atoms with Gasteiger partial charge in [-0.1, -0.05) is 35.0 Å². The second-order valence-corrected chi connectivity index (χ2v) is 2.80. The van der Waals surface area contributed by atoms with Crippen molar-refractivity contribution < 1.29 is 0 Å². The molecule has 0 saturated carbocycles. The first-order chi connectivity index (χ1) is 5.75. The van der Waals surface area contributed by atoms with E-state index < -0.39 is 0 Å². The van der Waals surface area contributed by atoms with Crippen LogP contribution in [0.1, 0.15) is 5.56 Å². The number of rotatable bonds is 0. The monoisotopic (exact) mass is 200 g/mol. The van der Waals surface area contributed by atoms with Crippen molar-refractivity contribution >= 4 is 23.2 Å². The molecule has 1 aromatic heterocycles. The molecule has 0 atom stereocenters. The largest absolute Gasteiger partial charge is 0.320 e. The van der Waals surface area contributed by atoms with Crippen molar-refractivity contribution in [1.29, 1.82) is 0 Å². The maximum Gasteiger partial charge on any atom is 0.0760 e. The smallest absolute Gasteiger partial charge is 0.0760 e. The zero-order valence-electron chi connectivity index (χ0n) is 6.14. The van der Waals surface area contributed by atoms with E-state index in [1.807, 2.05) is 0 Å². The van der Waals surface area contributed by atoms with Gasteiger partial charge in [0.25, 0.3) is 0 Å². The summed E-state index contributed by atoms with van der Waals surface area (Å²) < 4.78 is 0. The molecule has 1 rings (SSSR count). The third-order valence-corrected chi connectivity index (χ3v) is 1.74. The van der Waals surface area contributed by atoms with E-state index in [1.54, 1.807) is 0 Å². The highest BCUT2D eigenvalue weighted by Crippen LogP contribution is 2.21. The van der Waals surface area contributed by atoms with Crippen molar-refractivity contribution in [3.8, 4) is 11.8 Å². The van der Waals surface area contributed by atoms with Gasteiger partial charge < -0.3 is 5.73 Å². The van der Waals surface area contributed by atoms with Crippen LogP contribution in [0.2, 0.25) is 10.0 Å². The topological polar surface area (TPSA) is 38.9 Å². The summed E-state index contributed by atoms with van der Waals surface area (Å²) in [7, 11) is 0. The van der Waals surface area contributed by atoms with E-state index in [4.69, 9.17) is 28.9 Å². The molecule has 0 unspecified atom stereocenters. The average molecular weight is 201 g/mol. The van der Waals surface area contributed by atoms with Gasteiger partial charge in [0, 0.05) is 12.4 Å². The molecule has 0 aromatic carbocycles. The summed E-state index contributed by atoms with van der Waals surface area (Å²) in [4.78, 5) is 3.79. The van der Waals surface area contributed by atoms with Crippen molar-refractivity contribution in [2.45, 2.75) is 0 Å². The van der Waals surface area contributed by atoms with E-state index in [0.717, 1.165) is 0 Å². The van der Waals surface area contributed by atoms with Gasteiger partial charge in [-0.25, -0.2) is 0 Å². The summed E-state index contributed by atoms with van der Waals surface area (Å²) in [6, 6.07) is 0. The Balaban J connectivity index is 3.13. The van der Waals surface area contributed by atoms with Crippen LogP contribution in [0.5, 0.6) is 0 Å². The van der Waals surface area contributed by atoms with Gasteiger partial charge in [-0.15, -0.1) is 0 Å². The molecule has 1 aromatic rings. The van der Waals surface area contributed by atoms with Crippen molar-refractivity contribution in [2.75, 3.05) is 6.54 Å². The first-order valence-electron chi connectivity index (χ1n) is 3.23. The first kappa shape index (κ1) is 9.34. The maximum absolute atomic E-state index is 5.77. The van der Waals surface area contributed by atoms with Crippen LogP contribution in [0, 0.1) is 11.8 Å². The minimum atomic E-state index is 0.287. The summed E-state index contributed by atoms with van der Waals surface area (Å²) >= 11 is 11.5. The fraction of sp³-hybridized carbons (Fsp3) is 0.125. The van der Waals surface area contributed by atoms with Gasteiger partial charge in [0.15, 0.2) is 0 Å². The fourth-order valence-electron chi connectivity index (χ4n) is 0.670. The molecule has 4 heteroatoms. The number of hydrogen-bond donors (Lipinski definition) is 1. The van der Waals surface area contributed by atoms with E-state index in [0.29, 0.717) is 15.6 Å². The maximum atomic E-state index is 5.77. The Morgan fingerprint density at radius 3 is 2.42 bits per heavy atom. The molecule has 0 aliphatic rings. The summed E-state index contributed by atoms with van der Waals surface area (Å²) in [6.07, 6.45) is 2.99. The van der Waals surface area contributed by atoms with Gasteiger partial charge in [0.1, 0.15) is 0 Å². The molecule has 0 aliphatic carbocycles. The lowest BCUT2D eigenvalue weighted by molar-refractivity contribution is 1.29. The van der Waals surface area contributed by atoms with Crippen LogP contribution in [-0.4, -0.2) is 11.5 Å². The van der Waals surface area contributed by atoms with Gasteiger partial charge in [-0.2, -0.15) is 0 Å². The summed E-state index contributed by atoms with van der Waals surface area (Å²) in [5.74, 6) is 5.43. The zero-order chi connectivity index (χ0) is 8.97. The van der Waals surface area contributed by atoms with Crippen LogP contribution < -0.4 is 5.73 Å². The lowest BCUT2D eigenvalue weighted by Crippen LogP contribution is -1.93. The van der Waals surface area contributed by atoms with Crippen molar-refractivity contribution in [1.82, 2.24) is 4.98 Å². The fourth-order valence-corrected chi connectivity index (χ4v) is 1.13. The predicted octanol–water partition coefficient (Wildman–Crippen LogP) is 1.70. The quantitative estimate of drug-likeness (QED) is 0.648. The molecule has 0 spiro atoms. The molecule has 2 nitrogen and oxygen atoms in total. The molecule has 12 heavy (non-hydrogen) atoms. The van der Waals surface area contributed by atoms with E-state index >= 15 is 0 Å². The Morgan fingerprint density at radius 1 is 1.33 bits per heavy atom. The number of pyridine rings is 1. The average Bonchev–Trinajstić information content (AvgIpc) is 2.04. The Labute approximate surface area is 80.7 Å². The van der Waals surface area contributed by atoms with E-state index in [2.05, 4.69) is 16.8 Å². The molecule has 0 fully saturated rings. The second-order valence-electron chi connectivity index (χ2n) is 1.98. The molecular weight excluding hydrogens is 195 g/mol. The summed E-state index contributed by atoms with van der Waals surface area (Å²) in [5.41, 5.74) is 5.78. The lowest BCUT2D eigenvalue weighted by Gasteiger charge is -1.96. The predicted molar refractivity (Wildman–Crippen MR) is 50.2 cm³/mol. The van der Waals surface area contributed by atoms with Crippen LogP contribution in [0.4, 0.5) is 0 Å². The number of halogens is 2. The third kappa shape index (κ3) is 2.12. The second kappa shape index (κ2) is 4.32. The van der Waals surface area contributed by atoms with Crippen molar-refractivity contribution in [3.63, 3.8) is 0 Å². The SMILES string of the molecule is NCC#Cc1c(Cl)cncc1Cl. The van der Waals surface area contributed by atoms with Gasteiger partial charge >= 0.3 is 0 Å². The highest BCUT2D eigenvalue weighted by molar-refractivity contribution is 6.36. The third-order valence-electron chi connectivity index (χ3n) is 1.17. The van der Waals surface area contributed by atoms with Gasteiger partial charge in [-0.3, -0.25) is 4.98 Å². The minimum absolute atomic E-state index is 0.287. The van der Waals surface area contributed by atoms with Crippen LogP contribution in [0.15, 0.2) is 12.4 Å². The highest BCUT2D eigenvalue weighted by Gasteiger charge is 2.01. The molecule has 0 amide bonds. The molecule has 0 saturated heterocycles. The first-order valence-corrected chi connectivity index (χ1v) is 3.99. The number of hydrogen-bond acceptors (Lipinski definition) is 2. The van der Waals surface area contributed by atoms with Crippen molar-refractivity contribution in [3.05, 3.63) is 28.0 Å². The standard InChI is InChI=1S/C8H6Cl2N2/c9-7-4-12-5-8(10)6(7)2-1-3-11/h4-5H,3,11H2. The van der Waals surface area contributed by atoms with Gasteiger partial charge in [0.2, 0.25) is 0 Å². The van der Waals surface area contributed by atoms with Crippen LogP contribution >= 0.6 is 23.2 Å². The summed E-state index contributed by atoms with van der Waals surface area (Å²) in [6.45, 7) is 0.287. The van der Waals surface area contributed by atoms with Crippen LogP contribution in [0.3, 0.4) is 0 Å². The molecule has 62 valence electrons. The van der Waals surface area contributed by atoms with Crippen LogP contribution in [0.25, 0.3) is 0 Å². The normalized spacial score (nSPS) is 8.92. The summed E-state index contributed by atoms with van der Waals surface area (Å²) in [5, 5.41) is 0.895. The Hall–Kier alpha value is -0.750. The molecule has 2 N–H and O–H groups in total. The van der Waals surface area contributed by atoms with E-state index in [9.17, 15) is 0 Å².